The highest BCUT2D eigenvalue weighted by atomic mass is 35.5. The number of anilines is 1. The van der Waals surface area contributed by atoms with Gasteiger partial charge in [0.25, 0.3) is 5.91 Å². The molecule has 0 N–H and O–H groups in total. The molecule has 0 aliphatic rings. The van der Waals surface area contributed by atoms with E-state index in [2.05, 4.69) is 11.8 Å². The van der Waals surface area contributed by atoms with E-state index >= 15 is 0 Å². The molecule has 1 heterocycles. The summed E-state index contributed by atoms with van der Waals surface area (Å²) in [6.45, 7) is 3.58. The average Bonchev–Trinajstić information content (AvgIpc) is 3.17. The number of methoxy groups -OCH3 is 1. The first kappa shape index (κ1) is 24.5. The Morgan fingerprint density at radius 3 is 2.63 bits per heavy atom. The number of rotatable bonds is 8. The molecule has 0 aliphatic heterocycles. The van der Waals surface area contributed by atoms with E-state index in [0.29, 0.717) is 17.2 Å². The van der Waals surface area contributed by atoms with E-state index in [1.807, 2.05) is 61.6 Å². The Labute approximate surface area is 192 Å². The van der Waals surface area contributed by atoms with Crippen LogP contribution in [0.25, 0.3) is 10.2 Å². The molecule has 8 heteroatoms. The standard InChI is InChI=1S/C22H27N3O2S2.ClH/c1-15-10-11-18(27-4)19-20(15)29-22(23-19)25(13-7-12-24(2)3)21(26)16-8-6-9-17(14-16)28-5;/h6,8-11,14H,7,12-13H2,1-5H3;1H. The molecule has 0 fully saturated rings. The summed E-state index contributed by atoms with van der Waals surface area (Å²) in [5.74, 6) is 0.716. The number of nitrogens with zero attached hydrogens (tertiary/aromatic N) is 3. The number of carbonyl (C=O) groups excluding carboxylic acids is 1. The van der Waals surface area contributed by atoms with Gasteiger partial charge in [0.05, 0.1) is 11.8 Å². The fraction of sp³-hybridized carbons (Fsp3) is 0.364. The van der Waals surface area contributed by atoms with E-state index < -0.39 is 0 Å². The number of carbonyl (C=O) groups is 1. The Hall–Kier alpha value is -1.80. The van der Waals surface area contributed by atoms with Crippen molar-refractivity contribution in [3.05, 3.63) is 47.5 Å². The Bertz CT molecular complexity index is 1010. The molecule has 5 nitrogen and oxygen atoms in total. The van der Waals surface area contributed by atoms with Gasteiger partial charge in [-0.05, 0) is 70.1 Å². The number of aryl methyl sites for hydroxylation is 1. The van der Waals surface area contributed by atoms with Gasteiger partial charge in [-0.3, -0.25) is 9.69 Å². The highest BCUT2D eigenvalue weighted by molar-refractivity contribution is 7.98. The van der Waals surface area contributed by atoms with Crippen molar-refractivity contribution >= 4 is 56.8 Å². The van der Waals surface area contributed by atoms with E-state index in [4.69, 9.17) is 9.72 Å². The molecule has 0 radical (unpaired) electrons. The predicted molar refractivity (Wildman–Crippen MR) is 131 cm³/mol. The summed E-state index contributed by atoms with van der Waals surface area (Å²) in [7, 11) is 5.73. The molecule has 162 valence electrons. The van der Waals surface area contributed by atoms with E-state index in [-0.39, 0.29) is 18.3 Å². The van der Waals surface area contributed by atoms with Gasteiger partial charge in [-0.1, -0.05) is 23.5 Å². The Balaban J connectivity index is 0.00000320. The number of thiazole rings is 1. The van der Waals surface area contributed by atoms with E-state index in [1.54, 1.807) is 30.2 Å². The highest BCUT2D eigenvalue weighted by Crippen LogP contribution is 2.37. The number of ether oxygens (including phenoxy) is 1. The third-order valence-corrected chi connectivity index (χ3v) is 6.63. The van der Waals surface area contributed by atoms with Crippen LogP contribution in [-0.2, 0) is 0 Å². The van der Waals surface area contributed by atoms with Gasteiger partial charge >= 0.3 is 0 Å². The molecule has 0 unspecified atom stereocenters. The first-order valence-electron chi connectivity index (χ1n) is 9.49. The smallest absolute Gasteiger partial charge is 0.260 e. The van der Waals surface area contributed by atoms with Crippen LogP contribution in [0.15, 0.2) is 41.3 Å². The van der Waals surface area contributed by atoms with E-state index in [0.717, 1.165) is 39.4 Å². The average molecular weight is 466 g/mol. The molecular weight excluding hydrogens is 438 g/mol. The number of thioether (sulfide) groups is 1. The van der Waals surface area contributed by atoms with Crippen LogP contribution in [-0.4, -0.2) is 56.3 Å². The number of hydrogen-bond acceptors (Lipinski definition) is 6. The maximum Gasteiger partial charge on any atom is 0.260 e. The van der Waals surface area contributed by atoms with Crippen LogP contribution in [0.2, 0.25) is 0 Å². The lowest BCUT2D eigenvalue weighted by Crippen LogP contribution is -2.33. The predicted octanol–water partition coefficient (Wildman–Crippen LogP) is 5.36. The maximum atomic E-state index is 13.4. The monoisotopic (exact) mass is 465 g/mol. The molecule has 0 saturated carbocycles. The fourth-order valence-corrected chi connectivity index (χ4v) is 4.65. The molecule has 0 saturated heterocycles. The van der Waals surface area contributed by atoms with E-state index in [1.165, 1.54) is 0 Å². The molecule has 0 atom stereocenters. The van der Waals surface area contributed by atoms with Gasteiger partial charge in [0.15, 0.2) is 5.13 Å². The van der Waals surface area contributed by atoms with E-state index in [9.17, 15) is 4.79 Å². The molecule has 3 aromatic rings. The van der Waals surface area contributed by atoms with Crippen molar-refractivity contribution in [3.63, 3.8) is 0 Å². The fourth-order valence-electron chi connectivity index (χ4n) is 3.12. The van der Waals surface area contributed by atoms with Crippen molar-refractivity contribution in [1.82, 2.24) is 9.88 Å². The summed E-state index contributed by atoms with van der Waals surface area (Å²) in [6, 6.07) is 11.7. The summed E-state index contributed by atoms with van der Waals surface area (Å²) in [5, 5.41) is 0.714. The highest BCUT2D eigenvalue weighted by Gasteiger charge is 2.23. The van der Waals surface area contributed by atoms with Gasteiger partial charge < -0.3 is 9.64 Å². The van der Waals surface area contributed by atoms with Crippen LogP contribution in [0.1, 0.15) is 22.3 Å². The second-order valence-corrected chi connectivity index (χ2v) is 8.96. The summed E-state index contributed by atoms with van der Waals surface area (Å²) < 4.78 is 6.55. The van der Waals surface area contributed by atoms with Crippen molar-refractivity contribution in [3.8, 4) is 5.75 Å². The molecule has 0 spiro atoms. The third kappa shape index (κ3) is 5.46. The third-order valence-electron chi connectivity index (χ3n) is 4.69. The lowest BCUT2D eigenvalue weighted by Gasteiger charge is -2.21. The molecule has 0 aliphatic carbocycles. The number of aromatic nitrogens is 1. The normalized spacial score (nSPS) is 10.9. The molecular formula is C22H28ClN3O2S2. The number of halogens is 1. The second kappa shape index (κ2) is 11.0. The first-order valence-corrected chi connectivity index (χ1v) is 11.5. The SMILES string of the molecule is COc1ccc(C)c2sc(N(CCCN(C)C)C(=O)c3cccc(SC)c3)nc12.Cl. The number of amides is 1. The van der Waals surface area contributed by atoms with Crippen molar-refractivity contribution < 1.29 is 9.53 Å². The zero-order chi connectivity index (χ0) is 21.0. The van der Waals surface area contributed by atoms with Crippen LogP contribution in [0, 0.1) is 6.92 Å². The molecule has 1 aromatic heterocycles. The van der Waals surface area contributed by atoms with Crippen LogP contribution in [0.5, 0.6) is 5.75 Å². The van der Waals surface area contributed by atoms with Crippen molar-refractivity contribution in [2.24, 2.45) is 0 Å². The van der Waals surface area contributed by atoms with Gasteiger partial charge in [0.2, 0.25) is 0 Å². The molecule has 30 heavy (non-hydrogen) atoms. The summed E-state index contributed by atoms with van der Waals surface area (Å²) in [6.07, 6.45) is 2.88. The van der Waals surface area contributed by atoms with Gasteiger partial charge in [-0.15, -0.1) is 24.2 Å². The summed E-state index contributed by atoms with van der Waals surface area (Å²) in [4.78, 5) is 23.3. The Kier molecular flexibility index (Phi) is 8.97. The van der Waals surface area contributed by atoms with Gasteiger partial charge in [0.1, 0.15) is 11.3 Å². The van der Waals surface area contributed by atoms with Crippen LogP contribution < -0.4 is 9.64 Å². The number of hydrogen-bond donors (Lipinski definition) is 0. The Morgan fingerprint density at radius 2 is 1.97 bits per heavy atom. The second-order valence-electron chi connectivity index (χ2n) is 7.10. The van der Waals surface area contributed by atoms with Crippen LogP contribution >= 0.6 is 35.5 Å². The first-order chi connectivity index (χ1) is 13.9. The largest absolute Gasteiger partial charge is 0.494 e. The Morgan fingerprint density at radius 1 is 1.20 bits per heavy atom. The van der Waals surface area contributed by atoms with Crippen LogP contribution in [0.3, 0.4) is 0 Å². The van der Waals surface area contributed by atoms with Crippen LogP contribution in [0.4, 0.5) is 5.13 Å². The molecule has 0 bridgehead atoms. The van der Waals surface area contributed by atoms with Crippen molar-refractivity contribution in [2.45, 2.75) is 18.2 Å². The van der Waals surface area contributed by atoms with Gasteiger partial charge in [0, 0.05) is 17.0 Å². The zero-order valence-electron chi connectivity index (χ0n) is 18.0. The van der Waals surface area contributed by atoms with Crippen molar-refractivity contribution in [2.75, 3.05) is 45.5 Å². The molecule has 1 amide bonds. The minimum Gasteiger partial charge on any atom is -0.494 e. The van der Waals surface area contributed by atoms with Crippen molar-refractivity contribution in [1.29, 1.82) is 0 Å². The number of benzene rings is 2. The maximum absolute atomic E-state index is 13.4. The molecule has 3 rings (SSSR count). The summed E-state index contributed by atoms with van der Waals surface area (Å²) >= 11 is 3.18. The minimum absolute atomic E-state index is 0. The zero-order valence-corrected chi connectivity index (χ0v) is 20.4. The van der Waals surface area contributed by atoms with Gasteiger partial charge in [-0.2, -0.15) is 0 Å². The van der Waals surface area contributed by atoms with Gasteiger partial charge in [-0.25, -0.2) is 4.98 Å². The topological polar surface area (TPSA) is 45.7 Å². The quantitative estimate of drug-likeness (QED) is 0.419. The molecule has 2 aromatic carbocycles. The number of fused-ring (bicyclic) bond motifs is 1. The lowest BCUT2D eigenvalue weighted by molar-refractivity contribution is 0.0986. The minimum atomic E-state index is -0.0182. The lowest BCUT2D eigenvalue weighted by atomic mass is 10.2. The summed E-state index contributed by atoms with van der Waals surface area (Å²) in [5.41, 5.74) is 2.63.